The number of nitro groups is 1. The predicted octanol–water partition coefficient (Wildman–Crippen LogP) is 2.03. The van der Waals surface area contributed by atoms with Gasteiger partial charge in [-0.05, 0) is 24.3 Å². The van der Waals surface area contributed by atoms with E-state index in [2.05, 4.69) is 4.90 Å². The second-order valence-corrected chi connectivity index (χ2v) is 5.51. The summed E-state index contributed by atoms with van der Waals surface area (Å²) in [6.45, 7) is -0.308. The molecule has 5 nitrogen and oxygen atoms in total. The molecule has 1 saturated heterocycles. The van der Waals surface area contributed by atoms with E-state index in [9.17, 15) is 15.2 Å². The smallest absolute Gasteiger partial charge is 0.275 e. The number of thioether (sulfide) groups is 1. The lowest BCUT2D eigenvalue weighted by Crippen LogP contribution is -2.31. The van der Waals surface area contributed by atoms with Crippen molar-refractivity contribution in [3.8, 4) is 0 Å². The minimum atomic E-state index is -0.458. The lowest BCUT2D eigenvalue weighted by atomic mass is 10.1. The van der Waals surface area contributed by atoms with Crippen LogP contribution in [0.4, 0.5) is 11.4 Å². The Kier molecular flexibility index (Phi) is 4.08. The minimum absolute atomic E-state index is 0.0181. The highest BCUT2D eigenvalue weighted by atomic mass is 32.2. The van der Waals surface area contributed by atoms with Crippen molar-refractivity contribution in [3.05, 3.63) is 33.9 Å². The van der Waals surface area contributed by atoms with Gasteiger partial charge in [0.2, 0.25) is 0 Å². The summed E-state index contributed by atoms with van der Waals surface area (Å²) in [5.74, 6) is 2.25. The Bertz CT molecular complexity index is 447. The first-order chi connectivity index (χ1) is 8.63. The van der Waals surface area contributed by atoms with Gasteiger partial charge >= 0.3 is 0 Å². The van der Waals surface area contributed by atoms with Gasteiger partial charge in [-0.15, -0.1) is 0 Å². The molecule has 1 aromatic carbocycles. The first kappa shape index (κ1) is 13.2. The van der Waals surface area contributed by atoms with Crippen LogP contribution in [0, 0.1) is 10.1 Å². The molecule has 1 heterocycles. The van der Waals surface area contributed by atoms with Crippen LogP contribution in [0.15, 0.2) is 18.2 Å². The van der Waals surface area contributed by atoms with Crippen molar-refractivity contribution < 1.29 is 10.0 Å². The third-order valence-electron chi connectivity index (χ3n) is 3.29. The van der Waals surface area contributed by atoms with Crippen LogP contribution in [0.5, 0.6) is 0 Å². The summed E-state index contributed by atoms with van der Waals surface area (Å²) in [4.78, 5) is 12.5. The maximum absolute atomic E-state index is 10.8. The van der Waals surface area contributed by atoms with E-state index in [0.29, 0.717) is 11.6 Å². The van der Waals surface area contributed by atoms with Crippen molar-refractivity contribution in [2.24, 2.45) is 0 Å². The standard InChI is InChI=1S/C12H16N2O3S/c1-13(11-4-5-18-8-11)10-2-3-12(14(16)17)9(6-10)7-15/h2-3,6,11,15H,4-5,7-8H2,1H3. The largest absolute Gasteiger partial charge is 0.391 e. The van der Waals surface area contributed by atoms with Gasteiger partial charge in [-0.1, -0.05) is 0 Å². The predicted molar refractivity (Wildman–Crippen MR) is 73.2 cm³/mol. The molecule has 1 N–H and O–H groups in total. The summed E-state index contributed by atoms with van der Waals surface area (Å²) >= 11 is 1.92. The SMILES string of the molecule is CN(c1ccc([N+](=O)[O-])c(CO)c1)C1CCSC1. The van der Waals surface area contributed by atoms with Crippen LogP contribution in [0.3, 0.4) is 0 Å². The number of anilines is 1. The summed E-state index contributed by atoms with van der Waals surface area (Å²) in [5.41, 5.74) is 1.28. The number of rotatable bonds is 4. The van der Waals surface area contributed by atoms with Gasteiger partial charge in [-0.25, -0.2) is 0 Å². The average molecular weight is 268 g/mol. The minimum Gasteiger partial charge on any atom is -0.391 e. The molecule has 2 rings (SSSR count). The fraction of sp³-hybridized carbons (Fsp3) is 0.500. The highest BCUT2D eigenvalue weighted by Crippen LogP contribution is 2.29. The van der Waals surface area contributed by atoms with Gasteiger partial charge in [0.05, 0.1) is 17.1 Å². The lowest BCUT2D eigenvalue weighted by molar-refractivity contribution is -0.385. The summed E-state index contributed by atoms with van der Waals surface area (Å²) < 4.78 is 0. The van der Waals surface area contributed by atoms with Gasteiger partial charge in [0.1, 0.15) is 0 Å². The van der Waals surface area contributed by atoms with Crippen LogP contribution >= 0.6 is 11.8 Å². The van der Waals surface area contributed by atoms with E-state index in [1.807, 2.05) is 18.8 Å². The van der Waals surface area contributed by atoms with Crippen molar-refractivity contribution >= 4 is 23.1 Å². The molecular formula is C12H16N2O3S. The number of nitrogens with zero attached hydrogens (tertiary/aromatic N) is 2. The zero-order valence-corrected chi connectivity index (χ0v) is 11.0. The van der Waals surface area contributed by atoms with Crippen LogP contribution in [-0.2, 0) is 6.61 Å². The zero-order chi connectivity index (χ0) is 13.1. The number of aliphatic hydroxyl groups is 1. The molecule has 0 spiro atoms. The van der Waals surface area contributed by atoms with E-state index in [1.54, 1.807) is 12.1 Å². The maximum Gasteiger partial charge on any atom is 0.275 e. The summed E-state index contributed by atoms with van der Waals surface area (Å²) in [5, 5.41) is 20.0. The Labute approximate surface area is 110 Å². The normalized spacial score (nSPS) is 18.9. The first-order valence-corrected chi connectivity index (χ1v) is 6.97. The number of benzene rings is 1. The quantitative estimate of drug-likeness (QED) is 0.668. The average Bonchev–Trinajstić information content (AvgIpc) is 2.90. The molecule has 1 aliphatic heterocycles. The first-order valence-electron chi connectivity index (χ1n) is 5.82. The molecule has 18 heavy (non-hydrogen) atoms. The Morgan fingerprint density at radius 3 is 2.94 bits per heavy atom. The van der Waals surface area contributed by atoms with Gasteiger partial charge in [-0.3, -0.25) is 10.1 Å². The van der Waals surface area contributed by atoms with Crippen LogP contribution in [0.25, 0.3) is 0 Å². The number of hydrogen-bond acceptors (Lipinski definition) is 5. The van der Waals surface area contributed by atoms with Crippen LogP contribution < -0.4 is 4.90 Å². The Morgan fingerprint density at radius 2 is 2.39 bits per heavy atom. The molecule has 1 fully saturated rings. The Hall–Kier alpha value is -1.27. The molecule has 1 atom stereocenters. The fourth-order valence-corrected chi connectivity index (χ4v) is 3.40. The van der Waals surface area contributed by atoms with Gasteiger partial charge in [-0.2, -0.15) is 11.8 Å². The molecule has 6 heteroatoms. The lowest BCUT2D eigenvalue weighted by Gasteiger charge is -2.26. The van der Waals surface area contributed by atoms with E-state index >= 15 is 0 Å². The van der Waals surface area contributed by atoms with Crippen LogP contribution in [0.2, 0.25) is 0 Å². The molecule has 1 unspecified atom stereocenters. The van der Waals surface area contributed by atoms with Crippen molar-refractivity contribution in [2.45, 2.75) is 19.1 Å². The van der Waals surface area contributed by atoms with Crippen molar-refractivity contribution in [1.29, 1.82) is 0 Å². The molecule has 0 saturated carbocycles. The van der Waals surface area contributed by atoms with E-state index in [-0.39, 0.29) is 12.3 Å². The topological polar surface area (TPSA) is 66.6 Å². The molecule has 0 aromatic heterocycles. The molecule has 0 aliphatic carbocycles. The van der Waals surface area contributed by atoms with Crippen molar-refractivity contribution in [2.75, 3.05) is 23.5 Å². The summed E-state index contributed by atoms with van der Waals surface area (Å²) in [7, 11) is 2.00. The maximum atomic E-state index is 10.8. The monoisotopic (exact) mass is 268 g/mol. The number of nitro benzene ring substituents is 1. The highest BCUT2D eigenvalue weighted by Gasteiger charge is 2.22. The molecule has 1 aromatic rings. The van der Waals surface area contributed by atoms with Crippen molar-refractivity contribution in [3.63, 3.8) is 0 Å². The molecule has 98 valence electrons. The van der Waals surface area contributed by atoms with Crippen LogP contribution in [-0.4, -0.2) is 34.6 Å². The van der Waals surface area contributed by atoms with Gasteiger partial charge < -0.3 is 10.0 Å². The molecule has 0 bridgehead atoms. The summed E-state index contributed by atoms with van der Waals surface area (Å²) in [6.07, 6.45) is 1.13. The zero-order valence-electron chi connectivity index (χ0n) is 10.2. The van der Waals surface area contributed by atoms with Gasteiger partial charge in [0, 0.05) is 30.6 Å². The Morgan fingerprint density at radius 1 is 1.61 bits per heavy atom. The molecule has 1 aliphatic rings. The van der Waals surface area contributed by atoms with E-state index in [4.69, 9.17) is 0 Å². The van der Waals surface area contributed by atoms with Crippen LogP contribution in [0.1, 0.15) is 12.0 Å². The van der Waals surface area contributed by atoms with Crippen molar-refractivity contribution in [1.82, 2.24) is 0 Å². The van der Waals surface area contributed by atoms with E-state index in [0.717, 1.165) is 23.6 Å². The highest BCUT2D eigenvalue weighted by molar-refractivity contribution is 7.99. The number of aliphatic hydroxyl groups excluding tert-OH is 1. The van der Waals surface area contributed by atoms with E-state index in [1.165, 1.54) is 6.07 Å². The van der Waals surface area contributed by atoms with Gasteiger partial charge in [0.15, 0.2) is 0 Å². The third kappa shape index (κ3) is 2.59. The fourth-order valence-electron chi connectivity index (χ4n) is 2.13. The molecular weight excluding hydrogens is 252 g/mol. The second-order valence-electron chi connectivity index (χ2n) is 4.36. The Balaban J connectivity index is 2.26. The second kappa shape index (κ2) is 5.58. The van der Waals surface area contributed by atoms with Gasteiger partial charge in [0.25, 0.3) is 5.69 Å². The van der Waals surface area contributed by atoms with E-state index < -0.39 is 4.92 Å². The molecule has 0 amide bonds. The number of hydrogen-bond donors (Lipinski definition) is 1. The summed E-state index contributed by atoms with van der Waals surface area (Å²) in [6, 6.07) is 5.41. The molecule has 0 radical (unpaired) electrons. The third-order valence-corrected chi connectivity index (χ3v) is 4.44.